The summed E-state index contributed by atoms with van der Waals surface area (Å²) >= 11 is 26.2. The van der Waals surface area contributed by atoms with Gasteiger partial charge in [-0.2, -0.15) is 0 Å². The van der Waals surface area contributed by atoms with Gasteiger partial charge in [-0.3, -0.25) is 9.59 Å². The number of halogens is 4. The Labute approximate surface area is 219 Å². The Morgan fingerprint density at radius 1 is 1.03 bits per heavy atom. The first-order valence-electron chi connectivity index (χ1n) is 10.8. The molecule has 3 rings (SSSR count). The maximum absolute atomic E-state index is 13.3. The van der Waals surface area contributed by atoms with Crippen LogP contribution in [0.3, 0.4) is 0 Å². The predicted octanol–water partition coefficient (Wildman–Crippen LogP) is 7.01. The summed E-state index contributed by atoms with van der Waals surface area (Å²) in [5.41, 5.74) is 1.60. The maximum atomic E-state index is 13.3. The quantitative estimate of drug-likeness (QED) is 0.367. The topological polar surface area (TPSA) is 49.4 Å². The first-order chi connectivity index (χ1) is 15.8. The Hall–Kier alpha value is -1.11. The van der Waals surface area contributed by atoms with E-state index in [0.29, 0.717) is 31.4 Å². The smallest absolute Gasteiger partial charge is 0.242 e. The minimum atomic E-state index is -0.656. The molecule has 2 amide bonds. The van der Waals surface area contributed by atoms with Gasteiger partial charge in [0.05, 0.1) is 15.8 Å². The second kappa shape index (κ2) is 12.6. The summed E-state index contributed by atoms with van der Waals surface area (Å²) in [7, 11) is 0. The van der Waals surface area contributed by atoms with Crippen molar-refractivity contribution in [3.63, 3.8) is 0 Å². The van der Waals surface area contributed by atoms with Gasteiger partial charge in [0, 0.05) is 33.9 Å². The first kappa shape index (κ1) is 26.5. The van der Waals surface area contributed by atoms with E-state index in [9.17, 15) is 9.59 Å². The molecule has 1 saturated carbocycles. The van der Waals surface area contributed by atoms with E-state index in [1.54, 1.807) is 42.2 Å². The summed E-state index contributed by atoms with van der Waals surface area (Å²) in [4.78, 5) is 27.8. The molecule has 1 aliphatic carbocycles. The fourth-order valence-corrected chi connectivity index (χ4v) is 5.49. The highest BCUT2D eigenvalue weighted by molar-refractivity contribution is 7.99. The summed E-state index contributed by atoms with van der Waals surface area (Å²) < 4.78 is 0. The Morgan fingerprint density at radius 2 is 1.70 bits per heavy atom. The number of hydrogen-bond donors (Lipinski definition) is 1. The molecule has 0 radical (unpaired) electrons. The number of nitrogens with one attached hydrogen (secondary N) is 1. The monoisotopic (exact) mass is 546 g/mol. The fourth-order valence-electron chi connectivity index (χ4n) is 3.80. The number of rotatable bonds is 9. The van der Waals surface area contributed by atoms with Crippen LogP contribution in [0.25, 0.3) is 0 Å². The van der Waals surface area contributed by atoms with Crippen LogP contribution in [0.4, 0.5) is 0 Å². The van der Waals surface area contributed by atoms with E-state index >= 15 is 0 Å². The number of amides is 2. The van der Waals surface area contributed by atoms with E-state index in [4.69, 9.17) is 46.4 Å². The SMILES string of the molecule is C[C@@H](C(=O)NC1CCCC1)N(Cc1c(Cl)cccc1Cl)C(=O)CSCc1ccc(Cl)c(Cl)c1. The number of nitrogens with zero attached hydrogens (tertiary/aromatic N) is 1. The average molecular weight is 548 g/mol. The standard InChI is InChI=1S/C24H26Cl4N2O2S/c1-15(24(32)29-17-5-2-3-6-17)30(12-18-19(25)7-4-8-20(18)26)23(31)14-33-13-16-9-10-21(27)22(28)11-16/h4,7-11,15,17H,2-3,5-6,12-14H2,1H3,(H,29,32)/t15-/m0/s1. The van der Waals surface area contributed by atoms with Crippen LogP contribution in [-0.2, 0) is 21.9 Å². The lowest BCUT2D eigenvalue weighted by molar-refractivity contribution is -0.138. The molecule has 33 heavy (non-hydrogen) atoms. The molecule has 0 unspecified atom stereocenters. The van der Waals surface area contributed by atoms with Crippen LogP contribution < -0.4 is 5.32 Å². The fraction of sp³-hybridized carbons (Fsp3) is 0.417. The molecule has 2 aromatic rings. The van der Waals surface area contributed by atoms with Crippen LogP contribution in [-0.4, -0.2) is 34.6 Å². The third-order valence-electron chi connectivity index (χ3n) is 5.74. The second-order valence-corrected chi connectivity index (χ2v) is 10.7. The van der Waals surface area contributed by atoms with Crippen LogP contribution in [0.1, 0.15) is 43.7 Å². The lowest BCUT2D eigenvalue weighted by atomic mass is 10.1. The van der Waals surface area contributed by atoms with Crippen LogP contribution in [0, 0.1) is 0 Å². The van der Waals surface area contributed by atoms with Crippen molar-refractivity contribution in [3.8, 4) is 0 Å². The zero-order valence-electron chi connectivity index (χ0n) is 18.3. The molecule has 1 fully saturated rings. The number of benzene rings is 2. The third-order valence-corrected chi connectivity index (χ3v) is 8.17. The lowest BCUT2D eigenvalue weighted by Crippen LogP contribution is -2.50. The molecule has 9 heteroatoms. The molecule has 0 bridgehead atoms. The van der Waals surface area contributed by atoms with Crippen molar-refractivity contribution in [1.82, 2.24) is 10.2 Å². The van der Waals surface area contributed by atoms with E-state index in [0.717, 1.165) is 31.2 Å². The number of carbonyl (C=O) groups is 2. The van der Waals surface area contributed by atoms with Crippen molar-refractivity contribution in [2.45, 2.75) is 57.0 Å². The third kappa shape index (κ3) is 7.43. The Balaban J connectivity index is 1.70. The normalized spacial score (nSPS) is 14.8. The minimum Gasteiger partial charge on any atom is -0.352 e. The van der Waals surface area contributed by atoms with Crippen LogP contribution in [0.2, 0.25) is 20.1 Å². The van der Waals surface area contributed by atoms with Gasteiger partial charge in [-0.1, -0.05) is 71.4 Å². The maximum Gasteiger partial charge on any atom is 0.242 e. The molecule has 4 nitrogen and oxygen atoms in total. The van der Waals surface area contributed by atoms with Gasteiger partial charge < -0.3 is 10.2 Å². The van der Waals surface area contributed by atoms with Crippen LogP contribution in [0.15, 0.2) is 36.4 Å². The molecule has 0 aromatic heterocycles. The highest BCUT2D eigenvalue weighted by atomic mass is 35.5. The van der Waals surface area contributed by atoms with Crippen LogP contribution in [0.5, 0.6) is 0 Å². The van der Waals surface area contributed by atoms with Gasteiger partial charge in [0.15, 0.2) is 0 Å². The van der Waals surface area contributed by atoms with Gasteiger partial charge in [0.25, 0.3) is 0 Å². The number of hydrogen-bond acceptors (Lipinski definition) is 3. The Bertz CT molecular complexity index is 978. The molecule has 2 aromatic carbocycles. The largest absolute Gasteiger partial charge is 0.352 e. The molecule has 0 aliphatic heterocycles. The molecular formula is C24H26Cl4N2O2S. The molecule has 1 aliphatic rings. The van der Waals surface area contributed by atoms with E-state index in [1.807, 2.05) is 6.07 Å². The summed E-state index contributed by atoms with van der Waals surface area (Å²) in [6.07, 6.45) is 4.18. The molecule has 0 spiro atoms. The molecule has 178 valence electrons. The van der Waals surface area contributed by atoms with Crippen molar-refractivity contribution in [2.75, 3.05) is 5.75 Å². The van der Waals surface area contributed by atoms with Crippen molar-refractivity contribution >= 4 is 70.0 Å². The van der Waals surface area contributed by atoms with Gasteiger partial charge in [-0.25, -0.2) is 0 Å². The Morgan fingerprint density at radius 3 is 2.33 bits per heavy atom. The average Bonchev–Trinajstić information content (AvgIpc) is 3.28. The predicted molar refractivity (Wildman–Crippen MR) is 139 cm³/mol. The van der Waals surface area contributed by atoms with Crippen molar-refractivity contribution in [3.05, 3.63) is 67.6 Å². The number of carbonyl (C=O) groups excluding carboxylic acids is 2. The lowest BCUT2D eigenvalue weighted by Gasteiger charge is -2.30. The highest BCUT2D eigenvalue weighted by Gasteiger charge is 2.29. The molecule has 1 atom stereocenters. The van der Waals surface area contributed by atoms with Crippen molar-refractivity contribution < 1.29 is 9.59 Å². The number of thioether (sulfide) groups is 1. The van der Waals surface area contributed by atoms with Gasteiger partial charge in [-0.05, 0) is 49.6 Å². The van der Waals surface area contributed by atoms with E-state index < -0.39 is 6.04 Å². The van der Waals surface area contributed by atoms with Crippen molar-refractivity contribution in [2.24, 2.45) is 0 Å². The Kier molecular flexibility index (Phi) is 10.1. The second-order valence-electron chi connectivity index (χ2n) is 8.13. The highest BCUT2D eigenvalue weighted by Crippen LogP contribution is 2.28. The molecule has 0 saturated heterocycles. The first-order valence-corrected chi connectivity index (χ1v) is 13.5. The molecule has 0 heterocycles. The summed E-state index contributed by atoms with van der Waals surface area (Å²) in [6.45, 7) is 1.90. The molecular weight excluding hydrogens is 522 g/mol. The summed E-state index contributed by atoms with van der Waals surface area (Å²) in [5.74, 6) is 0.466. The van der Waals surface area contributed by atoms with Gasteiger partial charge >= 0.3 is 0 Å². The summed E-state index contributed by atoms with van der Waals surface area (Å²) in [5, 5.41) is 4.99. The van der Waals surface area contributed by atoms with Crippen LogP contribution >= 0.6 is 58.2 Å². The van der Waals surface area contributed by atoms with E-state index in [-0.39, 0.29) is 30.2 Å². The van der Waals surface area contributed by atoms with Gasteiger partial charge in [0.2, 0.25) is 11.8 Å². The molecule has 1 N–H and O–H groups in total. The van der Waals surface area contributed by atoms with Crippen molar-refractivity contribution in [1.29, 1.82) is 0 Å². The summed E-state index contributed by atoms with van der Waals surface area (Å²) in [6, 6.07) is 10.1. The minimum absolute atomic E-state index is 0.157. The van der Waals surface area contributed by atoms with E-state index in [2.05, 4.69) is 5.32 Å². The van der Waals surface area contributed by atoms with Gasteiger partial charge in [0.1, 0.15) is 6.04 Å². The van der Waals surface area contributed by atoms with E-state index in [1.165, 1.54) is 11.8 Å². The zero-order chi connectivity index (χ0) is 24.0. The zero-order valence-corrected chi connectivity index (χ0v) is 22.1. The van der Waals surface area contributed by atoms with Gasteiger partial charge in [-0.15, -0.1) is 11.8 Å².